The first-order valence-corrected chi connectivity index (χ1v) is 6.50. The highest BCUT2D eigenvalue weighted by molar-refractivity contribution is 14.1. The summed E-state index contributed by atoms with van der Waals surface area (Å²) in [4.78, 5) is 0. The van der Waals surface area contributed by atoms with Gasteiger partial charge in [0.1, 0.15) is 0 Å². The predicted molar refractivity (Wildman–Crippen MR) is 62.8 cm³/mol. The van der Waals surface area contributed by atoms with Crippen LogP contribution in [0.1, 0.15) is 45.4 Å². The van der Waals surface area contributed by atoms with Crippen LogP contribution in [-0.4, -0.2) is 16.1 Å². The van der Waals surface area contributed by atoms with Crippen LogP contribution < -0.4 is 0 Å². The van der Waals surface area contributed by atoms with Crippen LogP contribution in [0, 0.1) is 5.92 Å². The van der Waals surface area contributed by atoms with Gasteiger partial charge in [-0.3, -0.25) is 0 Å². The lowest BCUT2D eigenvalue weighted by atomic mass is 10.0. The third-order valence-electron chi connectivity index (χ3n) is 2.21. The van der Waals surface area contributed by atoms with Crippen molar-refractivity contribution >= 4 is 22.6 Å². The molecule has 0 spiro atoms. The molecule has 0 unspecified atom stereocenters. The van der Waals surface area contributed by atoms with E-state index in [1.807, 2.05) is 0 Å². The minimum atomic E-state index is 0.364. The standard InChI is InChI=1S/C10H21IO/c1-10(7-8-11)6-4-2-3-5-9-12/h10,12H,2-9H2,1H3/t10-/m0/s1. The molecule has 0 rings (SSSR count). The Morgan fingerprint density at radius 2 is 1.75 bits per heavy atom. The van der Waals surface area contributed by atoms with Gasteiger partial charge < -0.3 is 5.11 Å². The van der Waals surface area contributed by atoms with Crippen molar-refractivity contribution in [3.63, 3.8) is 0 Å². The Morgan fingerprint density at radius 3 is 2.33 bits per heavy atom. The monoisotopic (exact) mass is 284 g/mol. The van der Waals surface area contributed by atoms with E-state index in [2.05, 4.69) is 29.5 Å². The molecule has 0 aromatic rings. The predicted octanol–water partition coefficient (Wildman–Crippen LogP) is 3.39. The minimum absolute atomic E-state index is 0.364. The molecule has 0 aromatic heterocycles. The first-order chi connectivity index (χ1) is 5.81. The highest BCUT2D eigenvalue weighted by Crippen LogP contribution is 2.14. The molecule has 74 valence electrons. The molecule has 2 heteroatoms. The topological polar surface area (TPSA) is 20.2 Å². The quantitative estimate of drug-likeness (QED) is 0.411. The SMILES string of the molecule is C[C@H](CCI)CCCCCCO. The van der Waals surface area contributed by atoms with Gasteiger partial charge in [-0.1, -0.05) is 55.2 Å². The lowest BCUT2D eigenvalue weighted by Gasteiger charge is -2.08. The maximum atomic E-state index is 8.56. The van der Waals surface area contributed by atoms with Crippen molar-refractivity contribution in [1.29, 1.82) is 0 Å². The fraction of sp³-hybridized carbons (Fsp3) is 1.00. The molecule has 0 aliphatic heterocycles. The summed E-state index contributed by atoms with van der Waals surface area (Å²) in [6.45, 7) is 2.70. The van der Waals surface area contributed by atoms with Crippen LogP contribution in [0.25, 0.3) is 0 Å². The van der Waals surface area contributed by atoms with Crippen LogP contribution in [-0.2, 0) is 0 Å². The number of hydrogen-bond acceptors (Lipinski definition) is 1. The van der Waals surface area contributed by atoms with Crippen LogP contribution in [0.2, 0.25) is 0 Å². The summed E-state index contributed by atoms with van der Waals surface area (Å²) in [7, 11) is 0. The Bertz CT molecular complexity index is 85.9. The van der Waals surface area contributed by atoms with Crippen molar-refractivity contribution in [3.05, 3.63) is 0 Å². The van der Waals surface area contributed by atoms with E-state index in [0.717, 1.165) is 12.3 Å². The maximum absolute atomic E-state index is 8.56. The summed E-state index contributed by atoms with van der Waals surface area (Å²) in [6.07, 6.45) is 7.56. The number of rotatable bonds is 8. The Morgan fingerprint density at radius 1 is 1.08 bits per heavy atom. The van der Waals surface area contributed by atoms with E-state index in [1.165, 1.54) is 36.5 Å². The molecule has 12 heavy (non-hydrogen) atoms. The molecule has 1 nitrogen and oxygen atoms in total. The van der Waals surface area contributed by atoms with Gasteiger partial charge in [0.2, 0.25) is 0 Å². The van der Waals surface area contributed by atoms with Gasteiger partial charge >= 0.3 is 0 Å². The average Bonchev–Trinajstić information content (AvgIpc) is 2.05. The van der Waals surface area contributed by atoms with Crippen molar-refractivity contribution < 1.29 is 5.11 Å². The fourth-order valence-corrected chi connectivity index (χ4v) is 2.35. The summed E-state index contributed by atoms with van der Waals surface area (Å²) >= 11 is 2.44. The second kappa shape index (κ2) is 9.78. The van der Waals surface area contributed by atoms with E-state index >= 15 is 0 Å². The summed E-state index contributed by atoms with van der Waals surface area (Å²) in [5, 5.41) is 8.56. The zero-order valence-electron chi connectivity index (χ0n) is 8.06. The molecule has 0 radical (unpaired) electrons. The summed E-state index contributed by atoms with van der Waals surface area (Å²) in [6, 6.07) is 0. The van der Waals surface area contributed by atoms with Crippen molar-refractivity contribution in [3.8, 4) is 0 Å². The van der Waals surface area contributed by atoms with Crippen LogP contribution >= 0.6 is 22.6 Å². The van der Waals surface area contributed by atoms with Gasteiger partial charge in [0.05, 0.1) is 0 Å². The highest BCUT2D eigenvalue weighted by atomic mass is 127. The van der Waals surface area contributed by atoms with Crippen molar-refractivity contribution in [2.45, 2.75) is 45.4 Å². The van der Waals surface area contributed by atoms with Gasteiger partial charge in [-0.25, -0.2) is 0 Å². The molecule has 0 saturated heterocycles. The molecule has 0 aliphatic rings. The molecule has 0 aliphatic carbocycles. The molecule has 1 N–H and O–H groups in total. The van der Waals surface area contributed by atoms with E-state index in [0.29, 0.717) is 6.61 Å². The zero-order valence-corrected chi connectivity index (χ0v) is 10.2. The number of hydrogen-bond donors (Lipinski definition) is 1. The molecule has 0 amide bonds. The van der Waals surface area contributed by atoms with Gasteiger partial charge in [-0.2, -0.15) is 0 Å². The molecule has 0 aromatic carbocycles. The normalized spacial score (nSPS) is 13.2. The van der Waals surface area contributed by atoms with E-state index in [4.69, 9.17) is 5.11 Å². The third-order valence-corrected chi connectivity index (χ3v) is 2.83. The van der Waals surface area contributed by atoms with Gasteiger partial charge in [-0.15, -0.1) is 0 Å². The largest absolute Gasteiger partial charge is 0.396 e. The molecule has 0 heterocycles. The Labute approximate surface area is 90.1 Å². The molecule has 0 bridgehead atoms. The third kappa shape index (κ3) is 8.78. The van der Waals surface area contributed by atoms with E-state index in [1.54, 1.807) is 0 Å². The number of aliphatic hydroxyl groups excluding tert-OH is 1. The van der Waals surface area contributed by atoms with E-state index < -0.39 is 0 Å². The Balaban J connectivity index is 2.97. The fourth-order valence-electron chi connectivity index (χ4n) is 1.29. The molecule has 1 atom stereocenters. The number of alkyl halides is 1. The van der Waals surface area contributed by atoms with Crippen LogP contribution in [0.3, 0.4) is 0 Å². The number of unbranched alkanes of at least 4 members (excludes halogenated alkanes) is 3. The lowest BCUT2D eigenvalue weighted by Crippen LogP contribution is -1.95. The second-order valence-corrected chi connectivity index (χ2v) is 4.59. The number of halogens is 1. The smallest absolute Gasteiger partial charge is 0.0431 e. The minimum Gasteiger partial charge on any atom is -0.396 e. The van der Waals surface area contributed by atoms with Crippen LogP contribution in [0.4, 0.5) is 0 Å². The zero-order chi connectivity index (χ0) is 9.23. The van der Waals surface area contributed by atoms with Crippen molar-refractivity contribution in [2.75, 3.05) is 11.0 Å². The van der Waals surface area contributed by atoms with Gasteiger partial charge in [0.25, 0.3) is 0 Å². The van der Waals surface area contributed by atoms with E-state index in [-0.39, 0.29) is 0 Å². The second-order valence-electron chi connectivity index (χ2n) is 3.51. The van der Waals surface area contributed by atoms with Crippen LogP contribution in [0.5, 0.6) is 0 Å². The summed E-state index contributed by atoms with van der Waals surface area (Å²) < 4.78 is 1.29. The van der Waals surface area contributed by atoms with Gasteiger partial charge in [-0.05, 0) is 23.2 Å². The molecule has 0 fully saturated rings. The summed E-state index contributed by atoms with van der Waals surface area (Å²) in [5.41, 5.74) is 0. The van der Waals surface area contributed by atoms with Crippen molar-refractivity contribution in [2.24, 2.45) is 5.92 Å². The first kappa shape index (κ1) is 12.7. The van der Waals surface area contributed by atoms with Crippen LogP contribution in [0.15, 0.2) is 0 Å². The number of aliphatic hydroxyl groups is 1. The highest BCUT2D eigenvalue weighted by Gasteiger charge is 1.99. The first-order valence-electron chi connectivity index (χ1n) is 4.98. The van der Waals surface area contributed by atoms with Gasteiger partial charge in [0, 0.05) is 6.61 Å². The average molecular weight is 284 g/mol. The lowest BCUT2D eigenvalue weighted by molar-refractivity contribution is 0.281. The van der Waals surface area contributed by atoms with Crippen molar-refractivity contribution in [1.82, 2.24) is 0 Å². The molecule has 0 saturated carbocycles. The Hall–Kier alpha value is 0.690. The van der Waals surface area contributed by atoms with E-state index in [9.17, 15) is 0 Å². The molecular weight excluding hydrogens is 263 g/mol. The molecular formula is C10H21IO. The Kier molecular flexibility index (Phi) is 10.3. The van der Waals surface area contributed by atoms with Gasteiger partial charge in [0.15, 0.2) is 0 Å². The maximum Gasteiger partial charge on any atom is 0.0431 e. The summed E-state index contributed by atoms with van der Waals surface area (Å²) in [5.74, 6) is 0.899.